The summed E-state index contributed by atoms with van der Waals surface area (Å²) >= 11 is 0. The molecule has 0 bridgehead atoms. The topological polar surface area (TPSA) is 72.9 Å². The molecule has 1 amide bonds. The van der Waals surface area contributed by atoms with E-state index in [4.69, 9.17) is 5.73 Å². The molecule has 19 heavy (non-hydrogen) atoms. The van der Waals surface area contributed by atoms with Crippen LogP contribution in [0.15, 0.2) is 12.4 Å². The standard InChI is InChI=1S/C10H16F2N4O.2ClH/c1-16-5-8(4-15-16)2-3-9(17)14-7-10(11,12)6-13;;/h4-5H,2-3,6-7,13H2,1H3,(H,14,17);2*1H. The first-order chi connectivity index (χ1) is 7.93. The molecule has 1 rings (SSSR count). The van der Waals surface area contributed by atoms with E-state index in [2.05, 4.69) is 10.4 Å². The highest BCUT2D eigenvalue weighted by Crippen LogP contribution is 2.09. The number of aromatic nitrogens is 2. The molecule has 0 aromatic carbocycles. The lowest BCUT2D eigenvalue weighted by atomic mass is 10.2. The van der Waals surface area contributed by atoms with Crippen molar-refractivity contribution in [2.24, 2.45) is 12.8 Å². The monoisotopic (exact) mass is 318 g/mol. The fourth-order valence-electron chi connectivity index (χ4n) is 1.25. The van der Waals surface area contributed by atoms with Crippen LogP contribution in [0.4, 0.5) is 8.78 Å². The summed E-state index contributed by atoms with van der Waals surface area (Å²) in [6.45, 7) is -1.48. The number of hydrogen-bond acceptors (Lipinski definition) is 3. The average Bonchev–Trinajstić information content (AvgIpc) is 2.70. The number of amides is 1. The van der Waals surface area contributed by atoms with Gasteiger partial charge in [0.1, 0.15) is 0 Å². The lowest BCUT2D eigenvalue weighted by Crippen LogP contribution is -2.41. The van der Waals surface area contributed by atoms with Crippen LogP contribution in [0.5, 0.6) is 0 Å². The molecule has 5 nitrogen and oxygen atoms in total. The molecule has 0 fully saturated rings. The molecule has 1 heterocycles. The summed E-state index contributed by atoms with van der Waals surface area (Å²) < 4.78 is 27.1. The Bertz CT molecular complexity index is 387. The van der Waals surface area contributed by atoms with Crippen LogP contribution in [-0.4, -0.2) is 34.7 Å². The van der Waals surface area contributed by atoms with E-state index in [-0.39, 0.29) is 31.2 Å². The van der Waals surface area contributed by atoms with Gasteiger partial charge in [-0.05, 0) is 12.0 Å². The Morgan fingerprint density at radius 2 is 2.16 bits per heavy atom. The molecule has 0 saturated carbocycles. The highest BCUT2D eigenvalue weighted by atomic mass is 35.5. The van der Waals surface area contributed by atoms with Crippen LogP contribution in [0.1, 0.15) is 12.0 Å². The molecule has 0 unspecified atom stereocenters. The van der Waals surface area contributed by atoms with Crippen LogP contribution in [0, 0.1) is 0 Å². The molecular formula is C10H18Cl2F2N4O. The quantitative estimate of drug-likeness (QED) is 0.818. The SMILES string of the molecule is Cl.Cl.Cn1cc(CCC(=O)NCC(F)(F)CN)cn1. The maximum Gasteiger partial charge on any atom is 0.277 e. The third kappa shape index (κ3) is 7.97. The molecule has 0 aliphatic heterocycles. The third-order valence-corrected chi connectivity index (χ3v) is 2.24. The molecule has 0 saturated heterocycles. The number of rotatable bonds is 6. The van der Waals surface area contributed by atoms with Gasteiger partial charge >= 0.3 is 0 Å². The van der Waals surface area contributed by atoms with Crippen LogP contribution >= 0.6 is 24.8 Å². The van der Waals surface area contributed by atoms with E-state index in [1.165, 1.54) is 0 Å². The van der Waals surface area contributed by atoms with Gasteiger partial charge in [-0.25, -0.2) is 8.78 Å². The second-order valence-electron chi connectivity index (χ2n) is 3.86. The van der Waals surface area contributed by atoms with Gasteiger partial charge in [0, 0.05) is 19.7 Å². The van der Waals surface area contributed by atoms with Gasteiger partial charge < -0.3 is 11.1 Å². The van der Waals surface area contributed by atoms with Crippen LogP contribution in [0.2, 0.25) is 0 Å². The van der Waals surface area contributed by atoms with Crippen LogP contribution in [0.25, 0.3) is 0 Å². The summed E-state index contributed by atoms with van der Waals surface area (Å²) in [6.07, 6.45) is 4.06. The number of nitrogens with zero attached hydrogens (tertiary/aromatic N) is 2. The van der Waals surface area contributed by atoms with Crippen molar-refractivity contribution in [1.82, 2.24) is 15.1 Å². The van der Waals surface area contributed by atoms with Gasteiger partial charge in [-0.2, -0.15) is 5.10 Å². The zero-order valence-electron chi connectivity index (χ0n) is 10.4. The van der Waals surface area contributed by atoms with Gasteiger partial charge in [0.25, 0.3) is 5.92 Å². The van der Waals surface area contributed by atoms with Crippen molar-refractivity contribution in [2.75, 3.05) is 13.1 Å². The van der Waals surface area contributed by atoms with E-state index in [9.17, 15) is 13.6 Å². The summed E-state index contributed by atoms with van der Waals surface area (Å²) in [4.78, 5) is 11.3. The van der Waals surface area contributed by atoms with Gasteiger partial charge in [0.15, 0.2) is 0 Å². The number of aryl methyl sites for hydroxylation is 2. The minimum absolute atomic E-state index is 0. The predicted octanol–water partition coefficient (Wildman–Crippen LogP) is 0.906. The Balaban J connectivity index is 0. The van der Waals surface area contributed by atoms with Crippen molar-refractivity contribution >= 4 is 30.7 Å². The summed E-state index contributed by atoms with van der Waals surface area (Å²) in [5, 5.41) is 6.10. The van der Waals surface area contributed by atoms with E-state index < -0.39 is 24.9 Å². The van der Waals surface area contributed by atoms with Gasteiger partial charge in [-0.1, -0.05) is 0 Å². The number of alkyl halides is 2. The second kappa shape index (κ2) is 9.06. The third-order valence-electron chi connectivity index (χ3n) is 2.24. The summed E-state index contributed by atoms with van der Waals surface area (Å²) in [7, 11) is 1.77. The smallest absolute Gasteiger partial charge is 0.277 e. The number of nitrogens with two attached hydrogens (primary N) is 1. The normalized spacial score (nSPS) is 10.3. The van der Waals surface area contributed by atoms with Crippen LogP contribution in [-0.2, 0) is 18.3 Å². The average molecular weight is 319 g/mol. The molecule has 112 valence electrons. The highest BCUT2D eigenvalue weighted by Gasteiger charge is 2.26. The number of nitrogens with one attached hydrogen (secondary N) is 1. The number of halogens is 4. The van der Waals surface area contributed by atoms with Crippen molar-refractivity contribution in [3.8, 4) is 0 Å². The molecule has 0 radical (unpaired) electrons. The fraction of sp³-hybridized carbons (Fsp3) is 0.600. The van der Waals surface area contributed by atoms with Gasteiger partial charge in [0.2, 0.25) is 5.91 Å². The Labute approximate surface area is 122 Å². The van der Waals surface area contributed by atoms with E-state index in [0.717, 1.165) is 5.56 Å². The number of carbonyl (C=O) groups is 1. The molecule has 0 spiro atoms. The van der Waals surface area contributed by atoms with Gasteiger partial charge in [-0.3, -0.25) is 9.48 Å². The fourth-order valence-corrected chi connectivity index (χ4v) is 1.25. The number of carbonyl (C=O) groups excluding carboxylic acids is 1. The zero-order chi connectivity index (χ0) is 12.9. The van der Waals surface area contributed by atoms with Crippen LogP contribution < -0.4 is 11.1 Å². The lowest BCUT2D eigenvalue weighted by molar-refractivity contribution is -0.122. The number of hydrogen-bond donors (Lipinski definition) is 2. The van der Waals surface area contributed by atoms with E-state index in [1.807, 2.05) is 0 Å². The van der Waals surface area contributed by atoms with Crippen molar-refractivity contribution in [2.45, 2.75) is 18.8 Å². The first kappa shape index (κ1) is 20.4. The van der Waals surface area contributed by atoms with Crippen molar-refractivity contribution in [1.29, 1.82) is 0 Å². The van der Waals surface area contributed by atoms with E-state index in [1.54, 1.807) is 24.1 Å². The molecule has 1 aromatic rings. The lowest BCUT2D eigenvalue weighted by Gasteiger charge is -2.14. The van der Waals surface area contributed by atoms with Gasteiger partial charge in [-0.15, -0.1) is 24.8 Å². The molecule has 9 heteroatoms. The Morgan fingerprint density at radius 1 is 1.53 bits per heavy atom. The highest BCUT2D eigenvalue weighted by molar-refractivity contribution is 5.85. The van der Waals surface area contributed by atoms with Crippen molar-refractivity contribution in [3.05, 3.63) is 18.0 Å². The predicted molar refractivity (Wildman–Crippen MR) is 73.0 cm³/mol. The molecule has 1 aromatic heterocycles. The second-order valence-corrected chi connectivity index (χ2v) is 3.86. The zero-order valence-corrected chi connectivity index (χ0v) is 12.1. The van der Waals surface area contributed by atoms with E-state index >= 15 is 0 Å². The Hall–Kier alpha value is -0.920. The van der Waals surface area contributed by atoms with Crippen molar-refractivity contribution < 1.29 is 13.6 Å². The Morgan fingerprint density at radius 3 is 2.63 bits per heavy atom. The minimum atomic E-state index is -3.04. The summed E-state index contributed by atoms with van der Waals surface area (Å²) in [5.74, 6) is -3.45. The Kier molecular flexibility index (Phi) is 9.73. The summed E-state index contributed by atoms with van der Waals surface area (Å²) in [5.41, 5.74) is 5.74. The maximum atomic E-state index is 12.7. The largest absolute Gasteiger partial charge is 0.350 e. The molecular weight excluding hydrogens is 301 g/mol. The van der Waals surface area contributed by atoms with Gasteiger partial charge in [0.05, 0.1) is 19.3 Å². The van der Waals surface area contributed by atoms with E-state index in [0.29, 0.717) is 6.42 Å². The molecule has 0 atom stereocenters. The van der Waals surface area contributed by atoms with Crippen molar-refractivity contribution in [3.63, 3.8) is 0 Å². The van der Waals surface area contributed by atoms with Crippen LogP contribution in [0.3, 0.4) is 0 Å². The molecule has 0 aliphatic rings. The molecule has 3 N–H and O–H groups in total. The first-order valence-electron chi connectivity index (χ1n) is 5.25. The summed E-state index contributed by atoms with van der Waals surface area (Å²) in [6, 6.07) is 0. The minimum Gasteiger partial charge on any atom is -0.350 e. The maximum absolute atomic E-state index is 12.7. The molecule has 0 aliphatic carbocycles. The first-order valence-corrected chi connectivity index (χ1v) is 5.25.